The summed E-state index contributed by atoms with van der Waals surface area (Å²) < 4.78 is 0. The van der Waals surface area contributed by atoms with E-state index in [-0.39, 0.29) is 5.91 Å². The maximum absolute atomic E-state index is 12.3. The molecule has 2 aliphatic rings. The molecule has 0 bridgehead atoms. The first-order valence-corrected chi connectivity index (χ1v) is 8.23. The van der Waals surface area contributed by atoms with Gasteiger partial charge in [-0.1, -0.05) is 0 Å². The fourth-order valence-electron chi connectivity index (χ4n) is 2.67. The first-order chi connectivity index (χ1) is 10.3. The number of nitrogens with zero attached hydrogens (tertiary/aromatic N) is 3. The Kier molecular flexibility index (Phi) is 3.18. The van der Waals surface area contributed by atoms with Crippen LogP contribution in [0.4, 0.5) is 5.13 Å². The van der Waals surface area contributed by atoms with Gasteiger partial charge in [-0.15, -0.1) is 11.3 Å². The Hall–Kier alpha value is -1.82. The van der Waals surface area contributed by atoms with Crippen molar-refractivity contribution in [3.8, 4) is 0 Å². The van der Waals surface area contributed by atoms with E-state index in [2.05, 4.69) is 20.3 Å². The highest BCUT2D eigenvalue weighted by Crippen LogP contribution is 2.38. The van der Waals surface area contributed by atoms with Crippen LogP contribution in [0.5, 0.6) is 0 Å². The van der Waals surface area contributed by atoms with Crippen molar-refractivity contribution in [3.05, 3.63) is 34.4 Å². The predicted octanol–water partition coefficient (Wildman–Crippen LogP) is 2.94. The van der Waals surface area contributed by atoms with Crippen molar-refractivity contribution < 1.29 is 4.79 Å². The molecule has 5 nitrogen and oxygen atoms in total. The molecule has 1 N–H and O–H groups in total. The number of aryl methyl sites for hydroxylation is 2. The van der Waals surface area contributed by atoms with Gasteiger partial charge in [-0.3, -0.25) is 10.1 Å². The van der Waals surface area contributed by atoms with Gasteiger partial charge in [0.1, 0.15) is 12.0 Å². The second-order valence-electron chi connectivity index (χ2n) is 5.65. The van der Waals surface area contributed by atoms with Crippen LogP contribution in [0.1, 0.15) is 58.4 Å². The monoisotopic (exact) mass is 300 g/mol. The topological polar surface area (TPSA) is 67.8 Å². The lowest BCUT2D eigenvalue weighted by Crippen LogP contribution is -2.14. The van der Waals surface area contributed by atoms with Crippen molar-refractivity contribution in [2.75, 3.05) is 5.32 Å². The number of carbonyl (C=O) groups excluding carboxylic acids is 1. The average Bonchev–Trinajstić information content (AvgIpc) is 3.28. The summed E-state index contributed by atoms with van der Waals surface area (Å²) in [6.07, 6.45) is 8.34. The molecule has 21 heavy (non-hydrogen) atoms. The van der Waals surface area contributed by atoms with Gasteiger partial charge in [0.25, 0.3) is 5.91 Å². The number of amides is 1. The number of thiazole rings is 1. The highest BCUT2D eigenvalue weighted by atomic mass is 32.1. The minimum Gasteiger partial charge on any atom is -0.296 e. The van der Waals surface area contributed by atoms with E-state index in [1.807, 2.05) is 0 Å². The molecule has 1 saturated carbocycles. The number of aromatic nitrogens is 3. The van der Waals surface area contributed by atoms with Crippen LogP contribution < -0.4 is 5.32 Å². The summed E-state index contributed by atoms with van der Waals surface area (Å²) in [5.74, 6) is 0.331. The average molecular weight is 300 g/mol. The predicted molar refractivity (Wildman–Crippen MR) is 80.7 cm³/mol. The zero-order valence-corrected chi connectivity index (χ0v) is 12.4. The van der Waals surface area contributed by atoms with E-state index < -0.39 is 0 Å². The van der Waals surface area contributed by atoms with E-state index in [0.717, 1.165) is 37.1 Å². The molecular formula is C15H16N4OS. The Labute approximate surface area is 126 Å². The lowest BCUT2D eigenvalue weighted by molar-refractivity contribution is 0.102. The van der Waals surface area contributed by atoms with Gasteiger partial charge in [-0.2, -0.15) is 0 Å². The molecule has 0 aromatic carbocycles. The molecule has 0 unspecified atom stereocenters. The normalized spacial score (nSPS) is 17.3. The van der Waals surface area contributed by atoms with Crippen LogP contribution in [0.25, 0.3) is 0 Å². The smallest absolute Gasteiger partial charge is 0.276 e. The molecular weight excluding hydrogens is 284 g/mol. The standard InChI is InChI=1S/C15H16N4OS/c20-14(12-7-11(9-5-6-9)16-8-17-12)19-15-18-10-3-1-2-4-13(10)21-15/h7-9H,1-6H2,(H,18,19,20). The third-order valence-corrected chi connectivity index (χ3v) is 5.06. The third kappa shape index (κ3) is 2.68. The largest absolute Gasteiger partial charge is 0.296 e. The van der Waals surface area contributed by atoms with Crippen molar-refractivity contribution in [3.63, 3.8) is 0 Å². The molecule has 2 aliphatic carbocycles. The first kappa shape index (κ1) is 12.9. The summed E-state index contributed by atoms with van der Waals surface area (Å²) in [4.78, 5) is 26.5. The number of anilines is 1. The molecule has 2 aromatic heterocycles. The SMILES string of the molecule is O=C(Nc1nc2c(s1)CCCC2)c1cc(C2CC2)ncn1. The minimum atomic E-state index is -0.189. The molecule has 108 valence electrons. The fourth-order valence-corrected chi connectivity index (χ4v) is 3.71. The van der Waals surface area contributed by atoms with E-state index in [0.29, 0.717) is 16.7 Å². The van der Waals surface area contributed by atoms with Gasteiger partial charge in [0.05, 0.1) is 5.69 Å². The molecule has 1 amide bonds. The van der Waals surface area contributed by atoms with Crippen molar-refractivity contribution in [1.29, 1.82) is 0 Å². The number of nitrogens with one attached hydrogen (secondary N) is 1. The highest BCUT2D eigenvalue weighted by molar-refractivity contribution is 7.15. The van der Waals surface area contributed by atoms with Gasteiger partial charge < -0.3 is 0 Å². The van der Waals surface area contributed by atoms with Crippen LogP contribution in [-0.2, 0) is 12.8 Å². The van der Waals surface area contributed by atoms with Crippen molar-refractivity contribution in [2.45, 2.75) is 44.4 Å². The number of hydrogen-bond acceptors (Lipinski definition) is 5. The van der Waals surface area contributed by atoms with Gasteiger partial charge in [-0.25, -0.2) is 15.0 Å². The lowest BCUT2D eigenvalue weighted by atomic mass is 10.0. The van der Waals surface area contributed by atoms with Gasteiger partial charge in [-0.05, 0) is 44.6 Å². The lowest BCUT2D eigenvalue weighted by Gasteiger charge is -2.06. The van der Waals surface area contributed by atoms with Crippen LogP contribution in [0.2, 0.25) is 0 Å². The van der Waals surface area contributed by atoms with E-state index >= 15 is 0 Å². The molecule has 0 atom stereocenters. The maximum atomic E-state index is 12.3. The quantitative estimate of drug-likeness (QED) is 0.946. The third-order valence-electron chi connectivity index (χ3n) is 3.98. The Balaban J connectivity index is 1.52. The summed E-state index contributed by atoms with van der Waals surface area (Å²) in [6.45, 7) is 0. The van der Waals surface area contributed by atoms with E-state index in [1.54, 1.807) is 17.4 Å². The van der Waals surface area contributed by atoms with Gasteiger partial charge in [0.2, 0.25) is 0 Å². The molecule has 1 fully saturated rings. The van der Waals surface area contributed by atoms with Crippen LogP contribution in [0.3, 0.4) is 0 Å². The van der Waals surface area contributed by atoms with Crippen LogP contribution in [0.15, 0.2) is 12.4 Å². The number of rotatable bonds is 3. The number of carbonyl (C=O) groups is 1. The highest BCUT2D eigenvalue weighted by Gasteiger charge is 2.26. The molecule has 0 spiro atoms. The van der Waals surface area contributed by atoms with Crippen LogP contribution >= 0.6 is 11.3 Å². The Bertz CT molecular complexity index is 669. The van der Waals surface area contributed by atoms with Gasteiger partial charge in [0, 0.05) is 16.5 Å². The molecule has 2 heterocycles. The number of fused-ring (bicyclic) bond motifs is 1. The molecule has 2 aromatic rings. The van der Waals surface area contributed by atoms with Gasteiger partial charge >= 0.3 is 0 Å². The van der Waals surface area contributed by atoms with Crippen molar-refractivity contribution >= 4 is 22.4 Å². The summed E-state index contributed by atoms with van der Waals surface area (Å²) >= 11 is 1.59. The van der Waals surface area contributed by atoms with E-state index in [4.69, 9.17) is 0 Å². The summed E-state index contributed by atoms with van der Waals surface area (Å²) in [6, 6.07) is 1.81. The minimum absolute atomic E-state index is 0.189. The number of hydrogen-bond donors (Lipinski definition) is 1. The second kappa shape index (κ2) is 5.18. The van der Waals surface area contributed by atoms with Crippen LogP contribution in [0, 0.1) is 0 Å². The molecule has 6 heteroatoms. The van der Waals surface area contributed by atoms with Crippen molar-refractivity contribution in [2.24, 2.45) is 0 Å². The molecule has 0 saturated heterocycles. The zero-order chi connectivity index (χ0) is 14.2. The summed E-state index contributed by atoms with van der Waals surface area (Å²) in [5.41, 5.74) is 2.57. The Morgan fingerprint density at radius 2 is 2.10 bits per heavy atom. The Morgan fingerprint density at radius 3 is 2.90 bits per heavy atom. The first-order valence-electron chi connectivity index (χ1n) is 7.41. The van der Waals surface area contributed by atoms with E-state index in [1.165, 1.54) is 24.0 Å². The van der Waals surface area contributed by atoms with Gasteiger partial charge in [0.15, 0.2) is 5.13 Å². The van der Waals surface area contributed by atoms with E-state index in [9.17, 15) is 4.79 Å². The molecule has 4 rings (SSSR count). The van der Waals surface area contributed by atoms with Crippen molar-refractivity contribution in [1.82, 2.24) is 15.0 Å². The fraction of sp³-hybridized carbons (Fsp3) is 0.467. The Morgan fingerprint density at radius 1 is 1.24 bits per heavy atom. The zero-order valence-electron chi connectivity index (χ0n) is 11.6. The molecule has 0 radical (unpaired) electrons. The summed E-state index contributed by atoms with van der Waals surface area (Å²) in [7, 11) is 0. The summed E-state index contributed by atoms with van der Waals surface area (Å²) in [5, 5.41) is 3.57. The second-order valence-corrected chi connectivity index (χ2v) is 6.74. The maximum Gasteiger partial charge on any atom is 0.276 e. The molecule has 0 aliphatic heterocycles. The van der Waals surface area contributed by atoms with Crippen LogP contribution in [-0.4, -0.2) is 20.9 Å².